The van der Waals surface area contributed by atoms with Crippen molar-refractivity contribution < 1.29 is 9.53 Å². The third kappa shape index (κ3) is 1.92. The molecule has 0 radical (unpaired) electrons. The Morgan fingerprint density at radius 1 is 1.11 bits per heavy atom. The Bertz CT molecular complexity index is 391. The first-order valence-corrected chi connectivity index (χ1v) is 8.03. The van der Waals surface area contributed by atoms with Crippen molar-refractivity contribution >= 4 is 17.5 Å². The van der Waals surface area contributed by atoms with Crippen molar-refractivity contribution in [2.45, 2.75) is 43.4 Å². The zero-order valence-electron chi connectivity index (χ0n) is 11.4. The normalized spacial score (nSPS) is 48.6. The van der Waals surface area contributed by atoms with Crippen molar-refractivity contribution in [2.75, 3.05) is 26.3 Å². The van der Waals surface area contributed by atoms with Crippen LogP contribution in [0.5, 0.6) is 0 Å². The van der Waals surface area contributed by atoms with Crippen LogP contribution in [0.4, 0.5) is 0 Å². The summed E-state index contributed by atoms with van der Waals surface area (Å²) in [5, 5.41) is 0. The van der Waals surface area contributed by atoms with E-state index in [0.717, 1.165) is 45.2 Å². The summed E-state index contributed by atoms with van der Waals surface area (Å²) in [6.07, 6.45) is 6.70. The molecule has 106 valence electrons. The van der Waals surface area contributed by atoms with Gasteiger partial charge in [0.15, 0.2) is 0 Å². The van der Waals surface area contributed by atoms with Crippen LogP contribution in [0.15, 0.2) is 0 Å². The molecule has 1 aliphatic heterocycles. The molecule has 3 nitrogen and oxygen atoms in total. The van der Waals surface area contributed by atoms with Crippen LogP contribution in [0, 0.1) is 17.3 Å². The highest BCUT2D eigenvalue weighted by atomic mass is 35.5. The second kappa shape index (κ2) is 4.11. The summed E-state index contributed by atoms with van der Waals surface area (Å²) in [5.74, 6) is 1.78. The van der Waals surface area contributed by atoms with E-state index in [-0.39, 0.29) is 10.3 Å². The van der Waals surface area contributed by atoms with E-state index in [1.165, 1.54) is 6.42 Å². The minimum Gasteiger partial charge on any atom is -0.378 e. The van der Waals surface area contributed by atoms with E-state index in [2.05, 4.69) is 0 Å². The van der Waals surface area contributed by atoms with E-state index in [1.54, 1.807) is 0 Å². The molecule has 4 saturated carbocycles. The van der Waals surface area contributed by atoms with Gasteiger partial charge in [0.2, 0.25) is 5.91 Å². The number of carbonyl (C=O) groups excluding carboxylic acids is 1. The molecule has 0 aromatic rings. The van der Waals surface area contributed by atoms with E-state index in [4.69, 9.17) is 16.3 Å². The predicted molar refractivity (Wildman–Crippen MR) is 73.1 cm³/mol. The highest BCUT2D eigenvalue weighted by molar-refractivity contribution is 6.24. The maximum absolute atomic E-state index is 13.0. The van der Waals surface area contributed by atoms with Gasteiger partial charge in [0.25, 0.3) is 0 Å². The average molecular weight is 284 g/mol. The molecule has 1 heterocycles. The van der Waals surface area contributed by atoms with Crippen LogP contribution in [0.1, 0.15) is 38.5 Å². The van der Waals surface area contributed by atoms with Crippen molar-refractivity contribution in [1.29, 1.82) is 0 Å². The van der Waals surface area contributed by atoms with Crippen LogP contribution >= 0.6 is 11.6 Å². The number of amides is 1. The van der Waals surface area contributed by atoms with Crippen LogP contribution in [-0.4, -0.2) is 42.0 Å². The van der Waals surface area contributed by atoms with Gasteiger partial charge in [-0.25, -0.2) is 0 Å². The lowest BCUT2D eigenvalue weighted by Crippen LogP contribution is -2.60. The molecule has 0 aromatic heterocycles. The van der Waals surface area contributed by atoms with Gasteiger partial charge in [-0.05, 0) is 50.4 Å². The molecule has 4 bridgehead atoms. The van der Waals surface area contributed by atoms with Crippen LogP contribution in [0.3, 0.4) is 0 Å². The molecule has 5 rings (SSSR count). The number of carbonyl (C=O) groups is 1. The predicted octanol–water partition coefficient (Wildman–Crippen LogP) is 2.42. The number of ether oxygens (including phenoxy) is 1. The number of hydrogen-bond acceptors (Lipinski definition) is 2. The highest BCUT2D eigenvalue weighted by Crippen LogP contribution is 2.64. The van der Waals surface area contributed by atoms with Gasteiger partial charge in [0.1, 0.15) is 0 Å². The molecule has 1 saturated heterocycles. The summed E-state index contributed by atoms with van der Waals surface area (Å²) < 4.78 is 5.37. The van der Waals surface area contributed by atoms with Crippen molar-refractivity contribution in [2.24, 2.45) is 17.3 Å². The number of hydrogen-bond donors (Lipinski definition) is 0. The fourth-order valence-electron chi connectivity index (χ4n) is 5.50. The highest BCUT2D eigenvalue weighted by Gasteiger charge is 2.60. The molecule has 5 fully saturated rings. The number of rotatable bonds is 1. The van der Waals surface area contributed by atoms with Gasteiger partial charge in [0.05, 0.1) is 18.6 Å². The van der Waals surface area contributed by atoms with Crippen LogP contribution in [-0.2, 0) is 9.53 Å². The lowest BCUT2D eigenvalue weighted by Gasteiger charge is -2.60. The van der Waals surface area contributed by atoms with E-state index >= 15 is 0 Å². The van der Waals surface area contributed by atoms with Crippen molar-refractivity contribution in [1.82, 2.24) is 4.90 Å². The molecule has 2 atom stereocenters. The third-order valence-corrected chi connectivity index (χ3v) is 6.18. The molecule has 1 amide bonds. The number of nitrogens with zero attached hydrogens (tertiary/aromatic N) is 1. The standard InChI is InChI=1S/C15H22ClNO2/c16-15-8-11-5-12(9-15)7-14(6-11,10-15)13(18)17-1-3-19-4-2-17/h11-12H,1-10H2. The van der Waals surface area contributed by atoms with Gasteiger partial charge in [-0.15, -0.1) is 11.6 Å². The third-order valence-electron chi connectivity index (χ3n) is 5.74. The Morgan fingerprint density at radius 2 is 1.74 bits per heavy atom. The largest absolute Gasteiger partial charge is 0.378 e. The molecule has 4 aliphatic carbocycles. The molecule has 0 N–H and O–H groups in total. The summed E-state index contributed by atoms with van der Waals surface area (Å²) in [6.45, 7) is 2.93. The Kier molecular flexibility index (Phi) is 2.69. The van der Waals surface area contributed by atoms with E-state index in [0.29, 0.717) is 31.0 Å². The van der Waals surface area contributed by atoms with Gasteiger partial charge < -0.3 is 9.64 Å². The smallest absolute Gasteiger partial charge is 0.229 e. The van der Waals surface area contributed by atoms with Gasteiger partial charge >= 0.3 is 0 Å². The topological polar surface area (TPSA) is 29.5 Å². The molecular formula is C15H22ClNO2. The molecule has 5 aliphatic rings. The molecule has 4 heteroatoms. The Labute approximate surface area is 119 Å². The lowest BCUT2D eigenvalue weighted by molar-refractivity contribution is -0.160. The van der Waals surface area contributed by atoms with Crippen LogP contribution < -0.4 is 0 Å². The minimum atomic E-state index is -0.122. The van der Waals surface area contributed by atoms with Crippen LogP contribution in [0.2, 0.25) is 0 Å². The Hall–Kier alpha value is -0.280. The summed E-state index contributed by atoms with van der Waals surface area (Å²) in [7, 11) is 0. The average Bonchev–Trinajstić information content (AvgIpc) is 2.36. The van der Waals surface area contributed by atoms with Crippen LogP contribution in [0.25, 0.3) is 0 Å². The van der Waals surface area contributed by atoms with E-state index in [1.807, 2.05) is 4.90 Å². The first kappa shape index (κ1) is 12.5. The maximum atomic E-state index is 13.0. The summed E-state index contributed by atoms with van der Waals surface area (Å²) in [6, 6.07) is 0. The van der Waals surface area contributed by atoms with Crippen molar-refractivity contribution in [3.05, 3.63) is 0 Å². The molecular weight excluding hydrogens is 262 g/mol. The second-order valence-electron chi connectivity index (χ2n) is 7.30. The number of alkyl halides is 1. The summed E-state index contributed by atoms with van der Waals surface area (Å²) >= 11 is 6.81. The van der Waals surface area contributed by atoms with Crippen molar-refractivity contribution in [3.8, 4) is 0 Å². The van der Waals surface area contributed by atoms with E-state index in [9.17, 15) is 4.79 Å². The summed E-state index contributed by atoms with van der Waals surface area (Å²) in [5.41, 5.74) is -0.122. The second-order valence-corrected chi connectivity index (χ2v) is 8.10. The molecule has 0 spiro atoms. The minimum absolute atomic E-state index is 0.0635. The maximum Gasteiger partial charge on any atom is 0.229 e. The summed E-state index contributed by atoms with van der Waals surface area (Å²) in [4.78, 5) is 15.0. The monoisotopic (exact) mass is 283 g/mol. The number of halogens is 1. The fraction of sp³-hybridized carbons (Fsp3) is 0.933. The molecule has 2 unspecified atom stereocenters. The van der Waals surface area contributed by atoms with Gasteiger partial charge in [-0.3, -0.25) is 4.79 Å². The lowest BCUT2D eigenvalue weighted by atomic mass is 9.49. The Morgan fingerprint density at radius 3 is 2.32 bits per heavy atom. The van der Waals surface area contributed by atoms with Gasteiger partial charge in [0, 0.05) is 18.0 Å². The fourth-order valence-corrected chi connectivity index (χ4v) is 6.20. The number of morpholine rings is 1. The zero-order valence-corrected chi connectivity index (χ0v) is 12.1. The quantitative estimate of drug-likeness (QED) is 0.692. The Balaban J connectivity index is 1.60. The molecule has 19 heavy (non-hydrogen) atoms. The zero-order chi connectivity index (χ0) is 13.1. The first-order chi connectivity index (χ1) is 9.09. The molecule has 0 aromatic carbocycles. The SMILES string of the molecule is O=C(N1CCOCC1)C12CC3CC(CC(Cl)(C3)C1)C2. The van der Waals surface area contributed by atoms with Crippen molar-refractivity contribution in [3.63, 3.8) is 0 Å². The van der Waals surface area contributed by atoms with Gasteiger partial charge in [-0.2, -0.15) is 0 Å². The van der Waals surface area contributed by atoms with E-state index < -0.39 is 0 Å². The first-order valence-electron chi connectivity index (χ1n) is 7.65. The van der Waals surface area contributed by atoms with Gasteiger partial charge in [-0.1, -0.05) is 0 Å².